The molecule has 2 aliphatic heterocycles. The average Bonchev–Trinajstić information content (AvgIpc) is 3.28. The summed E-state index contributed by atoms with van der Waals surface area (Å²) in [5.74, 6) is 1.15. The van der Waals surface area contributed by atoms with E-state index >= 15 is 0 Å². The molecule has 4 N–H and O–H groups in total. The van der Waals surface area contributed by atoms with Crippen LogP contribution in [0.5, 0.6) is 0 Å². The van der Waals surface area contributed by atoms with Crippen molar-refractivity contribution < 1.29 is 8.42 Å². The van der Waals surface area contributed by atoms with Gasteiger partial charge in [-0.3, -0.25) is 0 Å². The van der Waals surface area contributed by atoms with Crippen LogP contribution >= 0.6 is 0 Å². The summed E-state index contributed by atoms with van der Waals surface area (Å²) < 4.78 is 25.8. The van der Waals surface area contributed by atoms with Gasteiger partial charge in [0, 0.05) is 19.0 Å². The van der Waals surface area contributed by atoms with E-state index in [1.807, 2.05) is 24.3 Å². The van der Waals surface area contributed by atoms with Gasteiger partial charge in [-0.05, 0) is 72.8 Å². The van der Waals surface area contributed by atoms with Crippen LogP contribution in [0.25, 0.3) is 22.5 Å². The summed E-state index contributed by atoms with van der Waals surface area (Å²) in [5, 5.41) is 23.5. The summed E-state index contributed by atoms with van der Waals surface area (Å²) in [6, 6.07) is 12.1. The summed E-state index contributed by atoms with van der Waals surface area (Å²) in [5.41, 5.74) is 4.01. The van der Waals surface area contributed by atoms with Crippen molar-refractivity contribution in [2.75, 3.05) is 33.2 Å². The number of nitrogens with zero attached hydrogens (tertiary/aromatic N) is 4. The van der Waals surface area contributed by atoms with Gasteiger partial charge in [-0.25, -0.2) is 13.6 Å². The highest BCUT2D eigenvalue weighted by molar-refractivity contribution is 7.89. The minimum absolute atomic E-state index is 0.104. The normalized spacial score (nSPS) is 18.4. The number of aromatic nitrogens is 4. The Labute approximate surface area is 193 Å². The van der Waals surface area contributed by atoms with E-state index in [4.69, 9.17) is 5.14 Å². The SMILES string of the molecule is CN1CCC(Cc2ccc(-c3ccc(C4CNC4)cc3)c(-c3nn[nH]n3)c2S(N)(=O)=O)CC1. The molecule has 0 atom stereocenters. The molecule has 5 rings (SSSR count). The molecule has 174 valence electrons. The number of piperidine rings is 1. The second-order valence-electron chi connectivity index (χ2n) is 9.18. The number of aromatic amines is 1. The minimum Gasteiger partial charge on any atom is -0.315 e. The number of nitrogens with one attached hydrogen (secondary N) is 2. The Hall–Kier alpha value is -2.66. The van der Waals surface area contributed by atoms with Crippen LogP contribution in [-0.4, -0.2) is 67.2 Å². The molecule has 1 aromatic heterocycles. The Morgan fingerprint density at radius 1 is 1.09 bits per heavy atom. The number of likely N-dealkylation sites (tertiary alicyclic amines) is 1. The van der Waals surface area contributed by atoms with Gasteiger partial charge >= 0.3 is 0 Å². The molecule has 33 heavy (non-hydrogen) atoms. The van der Waals surface area contributed by atoms with Crippen molar-refractivity contribution in [2.45, 2.75) is 30.1 Å². The first kappa shape index (κ1) is 22.1. The van der Waals surface area contributed by atoms with Gasteiger partial charge < -0.3 is 10.2 Å². The van der Waals surface area contributed by atoms with Crippen molar-refractivity contribution in [3.05, 3.63) is 47.5 Å². The van der Waals surface area contributed by atoms with E-state index in [-0.39, 0.29) is 10.7 Å². The number of hydrogen-bond acceptors (Lipinski definition) is 7. The topological polar surface area (TPSA) is 130 Å². The second kappa shape index (κ2) is 8.94. The third-order valence-electron chi connectivity index (χ3n) is 6.91. The zero-order chi connectivity index (χ0) is 23.0. The van der Waals surface area contributed by atoms with E-state index in [1.54, 1.807) is 0 Å². The third-order valence-corrected chi connectivity index (χ3v) is 7.95. The second-order valence-corrected chi connectivity index (χ2v) is 10.7. The van der Waals surface area contributed by atoms with Crippen LogP contribution < -0.4 is 10.5 Å². The summed E-state index contributed by atoms with van der Waals surface area (Å²) >= 11 is 0. The van der Waals surface area contributed by atoms with Crippen molar-refractivity contribution in [2.24, 2.45) is 11.1 Å². The van der Waals surface area contributed by atoms with Crippen LogP contribution in [0.4, 0.5) is 0 Å². The van der Waals surface area contributed by atoms with Crippen molar-refractivity contribution in [1.29, 1.82) is 0 Å². The van der Waals surface area contributed by atoms with Crippen LogP contribution in [0.3, 0.4) is 0 Å². The largest absolute Gasteiger partial charge is 0.315 e. The van der Waals surface area contributed by atoms with Gasteiger partial charge in [-0.1, -0.05) is 36.4 Å². The van der Waals surface area contributed by atoms with Gasteiger partial charge in [0.05, 0.1) is 10.5 Å². The van der Waals surface area contributed by atoms with Gasteiger partial charge in [0.2, 0.25) is 15.8 Å². The molecule has 2 fully saturated rings. The van der Waals surface area contributed by atoms with E-state index in [1.165, 1.54) is 5.56 Å². The number of tetrazole rings is 1. The van der Waals surface area contributed by atoms with Gasteiger partial charge in [0.15, 0.2) is 0 Å². The van der Waals surface area contributed by atoms with E-state index in [0.29, 0.717) is 29.4 Å². The molecule has 0 saturated carbocycles. The zero-order valence-electron chi connectivity index (χ0n) is 18.7. The predicted molar refractivity (Wildman–Crippen MR) is 126 cm³/mol. The van der Waals surface area contributed by atoms with Crippen LogP contribution in [0.1, 0.15) is 29.9 Å². The summed E-state index contributed by atoms with van der Waals surface area (Å²) in [4.78, 5) is 2.40. The van der Waals surface area contributed by atoms with E-state index in [9.17, 15) is 8.42 Å². The fraction of sp³-hybridized carbons (Fsp3) is 0.435. The fourth-order valence-corrected chi connectivity index (χ4v) is 5.88. The van der Waals surface area contributed by atoms with Crippen LogP contribution in [0.15, 0.2) is 41.3 Å². The monoisotopic (exact) mass is 467 g/mol. The number of benzene rings is 2. The first-order valence-corrected chi connectivity index (χ1v) is 12.9. The lowest BCUT2D eigenvalue weighted by atomic mass is 9.87. The molecule has 0 bridgehead atoms. The molecule has 0 spiro atoms. The molecule has 0 radical (unpaired) electrons. The third kappa shape index (κ3) is 4.56. The Morgan fingerprint density at radius 3 is 2.39 bits per heavy atom. The smallest absolute Gasteiger partial charge is 0.239 e. The summed E-state index contributed by atoms with van der Waals surface area (Å²) in [6.07, 6.45) is 2.70. The number of nitrogens with two attached hydrogens (primary N) is 1. The van der Waals surface area contributed by atoms with E-state index in [2.05, 4.69) is 50.0 Å². The maximum atomic E-state index is 12.9. The zero-order valence-corrected chi connectivity index (χ0v) is 19.5. The summed E-state index contributed by atoms with van der Waals surface area (Å²) in [7, 11) is -1.93. The molecule has 3 aromatic rings. The van der Waals surface area contributed by atoms with Crippen molar-refractivity contribution >= 4 is 10.0 Å². The Bertz CT molecular complexity index is 1210. The highest BCUT2D eigenvalue weighted by atomic mass is 32.2. The van der Waals surface area contributed by atoms with Crippen LogP contribution in [-0.2, 0) is 16.4 Å². The Morgan fingerprint density at radius 2 is 1.82 bits per heavy atom. The maximum Gasteiger partial charge on any atom is 0.239 e. The van der Waals surface area contributed by atoms with Crippen LogP contribution in [0, 0.1) is 5.92 Å². The molecule has 2 saturated heterocycles. The highest BCUT2D eigenvalue weighted by Crippen LogP contribution is 2.39. The minimum atomic E-state index is -4.04. The fourth-order valence-electron chi connectivity index (χ4n) is 4.88. The van der Waals surface area contributed by atoms with Gasteiger partial charge in [0.1, 0.15) is 0 Å². The number of H-pyrrole nitrogens is 1. The van der Waals surface area contributed by atoms with E-state index in [0.717, 1.165) is 50.1 Å². The number of hydrogen-bond donors (Lipinski definition) is 3. The van der Waals surface area contributed by atoms with Crippen molar-refractivity contribution in [3.8, 4) is 22.5 Å². The average molecular weight is 468 g/mol. The van der Waals surface area contributed by atoms with Crippen molar-refractivity contribution in [3.63, 3.8) is 0 Å². The quantitative estimate of drug-likeness (QED) is 0.503. The molecule has 0 amide bonds. The molecule has 0 unspecified atom stereocenters. The molecule has 2 aromatic carbocycles. The van der Waals surface area contributed by atoms with Gasteiger partial charge in [-0.15, -0.1) is 10.2 Å². The summed E-state index contributed by atoms with van der Waals surface area (Å²) in [6.45, 7) is 3.98. The predicted octanol–water partition coefficient (Wildman–Crippen LogP) is 1.75. The number of sulfonamides is 1. The highest BCUT2D eigenvalue weighted by Gasteiger charge is 2.28. The van der Waals surface area contributed by atoms with E-state index < -0.39 is 10.0 Å². The molecule has 10 heteroatoms. The van der Waals surface area contributed by atoms with Gasteiger partial charge in [-0.2, -0.15) is 5.21 Å². The Balaban J connectivity index is 1.61. The molecule has 3 heterocycles. The van der Waals surface area contributed by atoms with Crippen molar-refractivity contribution in [1.82, 2.24) is 30.8 Å². The first-order chi connectivity index (χ1) is 15.9. The first-order valence-electron chi connectivity index (χ1n) is 11.3. The Kier molecular flexibility index (Phi) is 6.00. The lowest BCUT2D eigenvalue weighted by Crippen LogP contribution is -2.39. The lowest BCUT2D eigenvalue weighted by Gasteiger charge is -2.29. The molecular weight excluding hydrogens is 438 g/mol. The standard InChI is InChI=1S/C23H29N7O2S/c1-30-10-8-15(9-11-30)12-18-6-7-20(17-4-2-16(3-5-17)19-13-25-14-19)21(22(18)33(24,31)32)23-26-28-29-27-23/h2-7,15,19,25H,8-14H2,1H3,(H2,24,31,32)(H,26,27,28,29). The molecular formula is C23H29N7O2S. The molecule has 2 aliphatic rings. The van der Waals surface area contributed by atoms with Crippen LogP contribution in [0.2, 0.25) is 0 Å². The maximum absolute atomic E-state index is 12.9. The number of rotatable bonds is 6. The number of primary sulfonamides is 1. The van der Waals surface area contributed by atoms with Gasteiger partial charge in [0.25, 0.3) is 0 Å². The lowest BCUT2D eigenvalue weighted by molar-refractivity contribution is 0.218. The molecule has 0 aliphatic carbocycles. The molecule has 9 nitrogen and oxygen atoms in total.